The predicted octanol–water partition coefficient (Wildman–Crippen LogP) is 4.11. The van der Waals surface area contributed by atoms with Gasteiger partial charge in [-0.3, -0.25) is 0 Å². The molecule has 1 aromatic heterocycles. The number of benzene rings is 1. The highest BCUT2D eigenvalue weighted by molar-refractivity contribution is 6.33. The summed E-state index contributed by atoms with van der Waals surface area (Å²) in [5.41, 5.74) is 7.18. The zero-order valence-electron chi connectivity index (χ0n) is 12.6. The summed E-state index contributed by atoms with van der Waals surface area (Å²) in [7, 11) is 0. The van der Waals surface area contributed by atoms with E-state index in [1.807, 2.05) is 16.8 Å². The van der Waals surface area contributed by atoms with Crippen LogP contribution in [0, 0.1) is 0 Å². The van der Waals surface area contributed by atoms with Gasteiger partial charge in [0.15, 0.2) is 5.82 Å². The third-order valence-electron chi connectivity index (χ3n) is 3.62. The molecule has 0 aliphatic carbocycles. The van der Waals surface area contributed by atoms with Gasteiger partial charge in [0, 0.05) is 11.3 Å². The lowest BCUT2D eigenvalue weighted by molar-refractivity contribution is 0.430. The van der Waals surface area contributed by atoms with Gasteiger partial charge in [0.05, 0.1) is 11.1 Å². The number of aromatic nitrogens is 4. The Bertz CT molecular complexity index is 581. The van der Waals surface area contributed by atoms with E-state index in [-0.39, 0.29) is 6.04 Å². The van der Waals surface area contributed by atoms with Crippen LogP contribution in [0.25, 0.3) is 11.4 Å². The van der Waals surface area contributed by atoms with E-state index in [0.29, 0.717) is 16.5 Å². The molecule has 0 aliphatic rings. The number of hydrogen-bond donors (Lipinski definition) is 1. The molecule has 6 heteroatoms. The molecule has 0 saturated heterocycles. The number of halogens is 1. The van der Waals surface area contributed by atoms with Crippen molar-refractivity contribution in [2.75, 3.05) is 5.73 Å². The molecule has 0 amide bonds. The Morgan fingerprint density at radius 2 is 2.10 bits per heavy atom. The second-order valence-electron chi connectivity index (χ2n) is 5.38. The molecule has 0 bridgehead atoms. The second kappa shape index (κ2) is 7.41. The fourth-order valence-corrected chi connectivity index (χ4v) is 2.64. The Morgan fingerprint density at radius 3 is 2.81 bits per heavy atom. The highest BCUT2D eigenvalue weighted by atomic mass is 35.5. The molecule has 0 spiro atoms. The van der Waals surface area contributed by atoms with E-state index in [1.54, 1.807) is 6.07 Å². The van der Waals surface area contributed by atoms with Gasteiger partial charge in [0.2, 0.25) is 0 Å². The molecule has 2 aromatic rings. The van der Waals surface area contributed by atoms with E-state index in [2.05, 4.69) is 29.4 Å². The van der Waals surface area contributed by atoms with Gasteiger partial charge in [-0.2, -0.15) is 0 Å². The van der Waals surface area contributed by atoms with Crippen LogP contribution < -0.4 is 5.73 Å². The normalized spacial score (nSPS) is 12.5. The van der Waals surface area contributed by atoms with Crippen molar-refractivity contribution < 1.29 is 0 Å². The molecule has 114 valence electrons. The van der Waals surface area contributed by atoms with Crippen molar-refractivity contribution in [1.29, 1.82) is 0 Å². The maximum absolute atomic E-state index is 6.25. The molecule has 1 atom stereocenters. The predicted molar refractivity (Wildman–Crippen MR) is 86.1 cm³/mol. The van der Waals surface area contributed by atoms with Crippen LogP contribution in [0.5, 0.6) is 0 Å². The summed E-state index contributed by atoms with van der Waals surface area (Å²) in [4.78, 5) is 0. The molecular formula is C15H22ClN5. The van der Waals surface area contributed by atoms with Crippen LogP contribution in [-0.2, 0) is 0 Å². The highest BCUT2D eigenvalue weighted by Gasteiger charge is 2.16. The quantitative estimate of drug-likeness (QED) is 0.617. The van der Waals surface area contributed by atoms with Gasteiger partial charge in [-0.1, -0.05) is 44.2 Å². The van der Waals surface area contributed by atoms with Crippen molar-refractivity contribution >= 4 is 17.3 Å². The monoisotopic (exact) mass is 307 g/mol. The largest absolute Gasteiger partial charge is 0.399 e. The van der Waals surface area contributed by atoms with Gasteiger partial charge in [-0.15, -0.1) is 5.10 Å². The summed E-state index contributed by atoms with van der Waals surface area (Å²) in [6, 6.07) is 5.65. The molecule has 5 nitrogen and oxygen atoms in total. The zero-order chi connectivity index (χ0) is 15.2. The molecule has 2 N–H and O–H groups in total. The van der Waals surface area contributed by atoms with Crippen LogP contribution in [0.2, 0.25) is 5.02 Å². The maximum atomic E-state index is 6.25. The topological polar surface area (TPSA) is 69.6 Å². The number of hydrogen-bond acceptors (Lipinski definition) is 4. The molecule has 1 heterocycles. The Labute approximate surface area is 130 Å². The van der Waals surface area contributed by atoms with Crippen molar-refractivity contribution in [2.24, 2.45) is 0 Å². The van der Waals surface area contributed by atoms with Crippen molar-refractivity contribution in [2.45, 2.75) is 52.0 Å². The minimum atomic E-state index is 0.250. The first kappa shape index (κ1) is 15.8. The Kier molecular flexibility index (Phi) is 5.56. The van der Waals surface area contributed by atoms with E-state index in [9.17, 15) is 0 Å². The molecule has 0 aliphatic heterocycles. The summed E-state index contributed by atoms with van der Waals surface area (Å²) >= 11 is 6.25. The van der Waals surface area contributed by atoms with Gasteiger partial charge in [0.25, 0.3) is 0 Å². The first-order valence-corrected chi connectivity index (χ1v) is 7.84. The highest BCUT2D eigenvalue weighted by Crippen LogP contribution is 2.29. The first-order chi connectivity index (χ1) is 10.1. The smallest absolute Gasteiger partial charge is 0.183 e. The molecule has 1 aromatic carbocycles. The number of rotatable bonds is 7. The van der Waals surface area contributed by atoms with Crippen LogP contribution in [0.15, 0.2) is 18.2 Å². The van der Waals surface area contributed by atoms with E-state index in [4.69, 9.17) is 17.3 Å². The van der Waals surface area contributed by atoms with Gasteiger partial charge in [-0.25, -0.2) is 4.68 Å². The zero-order valence-corrected chi connectivity index (χ0v) is 13.3. The van der Waals surface area contributed by atoms with Gasteiger partial charge in [-0.05, 0) is 42.0 Å². The van der Waals surface area contributed by atoms with Gasteiger partial charge >= 0.3 is 0 Å². The van der Waals surface area contributed by atoms with E-state index < -0.39 is 0 Å². The standard InChI is InChI=1S/C15H22ClN5/c1-3-4-5-6-7-11(2)21-15(18-19-20-21)13-9-8-12(17)10-14(13)16/h8-11H,3-7,17H2,1-2H3. The SMILES string of the molecule is CCCCCCC(C)n1nnnc1-c1ccc(N)cc1Cl. The molecule has 21 heavy (non-hydrogen) atoms. The lowest BCUT2D eigenvalue weighted by atomic mass is 10.1. The summed E-state index contributed by atoms with van der Waals surface area (Å²) < 4.78 is 1.85. The number of unbranched alkanes of at least 4 members (excludes halogenated alkanes) is 3. The minimum Gasteiger partial charge on any atom is -0.399 e. The third-order valence-corrected chi connectivity index (χ3v) is 3.93. The lowest BCUT2D eigenvalue weighted by Crippen LogP contribution is -2.09. The van der Waals surface area contributed by atoms with E-state index in [0.717, 1.165) is 12.0 Å². The number of nitrogens with two attached hydrogens (primary N) is 1. The van der Waals surface area contributed by atoms with Crippen molar-refractivity contribution in [1.82, 2.24) is 20.2 Å². The fraction of sp³-hybridized carbons (Fsp3) is 0.533. The Balaban J connectivity index is 2.14. The third kappa shape index (κ3) is 3.94. The second-order valence-corrected chi connectivity index (χ2v) is 5.79. The Hall–Kier alpha value is -1.62. The molecule has 1 unspecified atom stereocenters. The maximum Gasteiger partial charge on any atom is 0.183 e. The number of tetrazole rings is 1. The van der Waals surface area contributed by atoms with E-state index >= 15 is 0 Å². The number of nitrogens with zero attached hydrogens (tertiary/aromatic N) is 4. The lowest BCUT2D eigenvalue weighted by Gasteiger charge is -2.14. The van der Waals surface area contributed by atoms with E-state index in [1.165, 1.54) is 25.7 Å². The molecule has 2 rings (SSSR count). The van der Waals surface area contributed by atoms with Crippen LogP contribution in [0.4, 0.5) is 5.69 Å². The molecule has 0 fully saturated rings. The van der Waals surface area contributed by atoms with Crippen LogP contribution in [0.3, 0.4) is 0 Å². The molecule has 0 saturated carbocycles. The van der Waals surface area contributed by atoms with Gasteiger partial charge in [0.1, 0.15) is 0 Å². The fourth-order valence-electron chi connectivity index (χ4n) is 2.37. The molecular weight excluding hydrogens is 286 g/mol. The Morgan fingerprint density at radius 1 is 1.29 bits per heavy atom. The number of nitrogen functional groups attached to an aromatic ring is 1. The average molecular weight is 308 g/mol. The number of anilines is 1. The van der Waals surface area contributed by atoms with Crippen molar-refractivity contribution in [3.8, 4) is 11.4 Å². The summed E-state index contributed by atoms with van der Waals surface area (Å²) in [6.45, 7) is 4.35. The summed E-state index contributed by atoms with van der Waals surface area (Å²) in [5, 5.41) is 12.6. The first-order valence-electron chi connectivity index (χ1n) is 7.46. The minimum absolute atomic E-state index is 0.250. The van der Waals surface area contributed by atoms with Crippen LogP contribution in [-0.4, -0.2) is 20.2 Å². The summed E-state index contributed by atoms with van der Waals surface area (Å²) in [5.74, 6) is 0.697. The van der Waals surface area contributed by atoms with Crippen molar-refractivity contribution in [3.05, 3.63) is 23.2 Å². The average Bonchev–Trinajstić information content (AvgIpc) is 2.92. The summed E-state index contributed by atoms with van der Waals surface area (Å²) in [6.07, 6.45) is 6.01. The van der Waals surface area contributed by atoms with Crippen LogP contribution in [0.1, 0.15) is 52.0 Å². The van der Waals surface area contributed by atoms with Gasteiger partial charge < -0.3 is 5.73 Å². The molecule has 0 radical (unpaired) electrons. The van der Waals surface area contributed by atoms with Crippen LogP contribution >= 0.6 is 11.6 Å². The van der Waals surface area contributed by atoms with Crippen molar-refractivity contribution in [3.63, 3.8) is 0 Å².